The summed E-state index contributed by atoms with van der Waals surface area (Å²) < 4.78 is 0. The Morgan fingerprint density at radius 2 is 2.26 bits per heavy atom. The van der Waals surface area contributed by atoms with E-state index in [0.29, 0.717) is 25.8 Å². The number of carboxylic acid groups (broad SMARTS) is 1. The molecule has 1 saturated heterocycles. The van der Waals surface area contributed by atoms with Gasteiger partial charge in [-0.05, 0) is 26.2 Å². The second-order valence-corrected chi connectivity index (χ2v) is 5.22. The van der Waals surface area contributed by atoms with Gasteiger partial charge in [0.15, 0.2) is 0 Å². The highest BCUT2D eigenvalue weighted by atomic mass is 16.4. The van der Waals surface area contributed by atoms with Crippen molar-refractivity contribution >= 4 is 12.0 Å². The molecule has 0 aromatic heterocycles. The standard InChI is InChI=1S/C14H22N2O3/c1-4-7-11(3)15-13(19)16-9-6-8-14(5-2,10-16)12(17)18/h1,11H,5-10H2,2-3H3,(H,15,19)(H,17,18). The number of carbonyl (C=O) groups is 2. The molecule has 0 bridgehead atoms. The first-order valence-electron chi connectivity index (χ1n) is 6.67. The van der Waals surface area contributed by atoms with Crippen LogP contribution in [0.25, 0.3) is 0 Å². The van der Waals surface area contributed by atoms with Gasteiger partial charge in [-0.1, -0.05) is 6.92 Å². The average Bonchev–Trinajstić information content (AvgIpc) is 2.38. The van der Waals surface area contributed by atoms with Gasteiger partial charge >= 0.3 is 12.0 Å². The van der Waals surface area contributed by atoms with E-state index in [0.717, 1.165) is 6.42 Å². The highest BCUT2D eigenvalue weighted by Gasteiger charge is 2.42. The molecule has 19 heavy (non-hydrogen) atoms. The Morgan fingerprint density at radius 1 is 1.58 bits per heavy atom. The number of nitrogens with zero attached hydrogens (tertiary/aromatic N) is 1. The molecule has 2 atom stereocenters. The van der Waals surface area contributed by atoms with E-state index in [2.05, 4.69) is 11.2 Å². The number of terminal acetylenes is 1. The summed E-state index contributed by atoms with van der Waals surface area (Å²) in [6.45, 7) is 4.57. The number of hydrogen-bond acceptors (Lipinski definition) is 2. The highest BCUT2D eigenvalue weighted by Crippen LogP contribution is 2.33. The summed E-state index contributed by atoms with van der Waals surface area (Å²) in [6, 6.07) is -0.318. The lowest BCUT2D eigenvalue weighted by atomic mass is 9.78. The molecular formula is C14H22N2O3. The number of aliphatic carboxylic acids is 1. The second kappa shape index (κ2) is 6.46. The number of carbonyl (C=O) groups excluding carboxylic acids is 1. The van der Waals surface area contributed by atoms with Crippen molar-refractivity contribution in [3.63, 3.8) is 0 Å². The molecule has 0 aromatic carbocycles. The van der Waals surface area contributed by atoms with Gasteiger partial charge in [0.05, 0.1) is 5.41 Å². The zero-order valence-electron chi connectivity index (χ0n) is 11.6. The molecule has 0 spiro atoms. The van der Waals surface area contributed by atoms with Crippen LogP contribution in [0.3, 0.4) is 0 Å². The van der Waals surface area contributed by atoms with E-state index in [1.165, 1.54) is 0 Å². The molecule has 106 valence electrons. The first-order valence-corrected chi connectivity index (χ1v) is 6.67. The minimum Gasteiger partial charge on any atom is -0.481 e. The van der Waals surface area contributed by atoms with E-state index in [1.807, 2.05) is 13.8 Å². The van der Waals surface area contributed by atoms with Gasteiger partial charge in [0, 0.05) is 25.6 Å². The fourth-order valence-electron chi connectivity index (χ4n) is 2.45. The molecule has 2 amide bonds. The van der Waals surface area contributed by atoms with Crippen LogP contribution in [0.15, 0.2) is 0 Å². The maximum atomic E-state index is 12.1. The van der Waals surface area contributed by atoms with Gasteiger partial charge in [0.1, 0.15) is 0 Å². The van der Waals surface area contributed by atoms with Crippen LogP contribution < -0.4 is 5.32 Å². The molecule has 2 unspecified atom stereocenters. The van der Waals surface area contributed by atoms with Crippen molar-refractivity contribution in [2.45, 2.75) is 45.6 Å². The maximum absolute atomic E-state index is 12.1. The van der Waals surface area contributed by atoms with Gasteiger partial charge in [0.25, 0.3) is 0 Å². The third-order valence-corrected chi connectivity index (χ3v) is 3.79. The molecule has 1 rings (SSSR count). The predicted molar refractivity (Wildman–Crippen MR) is 72.6 cm³/mol. The second-order valence-electron chi connectivity index (χ2n) is 5.22. The van der Waals surface area contributed by atoms with Crippen molar-refractivity contribution in [3.05, 3.63) is 0 Å². The largest absolute Gasteiger partial charge is 0.481 e. The first-order chi connectivity index (χ1) is 8.95. The van der Waals surface area contributed by atoms with Crippen LogP contribution in [0.4, 0.5) is 4.79 Å². The Labute approximate surface area is 114 Å². The van der Waals surface area contributed by atoms with Crippen LogP contribution in [0.5, 0.6) is 0 Å². The van der Waals surface area contributed by atoms with E-state index in [4.69, 9.17) is 6.42 Å². The molecule has 5 nitrogen and oxygen atoms in total. The van der Waals surface area contributed by atoms with Crippen molar-refractivity contribution in [2.75, 3.05) is 13.1 Å². The van der Waals surface area contributed by atoms with Crippen LogP contribution in [0.2, 0.25) is 0 Å². The van der Waals surface area contributed by atoms with Crippen molar-refractivity contribution in [1.29, 1.82) is 0 Å². The van der Waals surface area contributed by atoms with E-state index in [1.54, 1.807) is 4.90 Å². The van der Waals surface area contributed by atoms with Gasteiger partial charge in [-0.25, -0.2) is 4.79 Å². The minimum atomic E-state index is -0.816. The number of nitrogens with one attached hydrogen (secondary N) is 1. The molecule has 5 heteroatoms. The van der Waals surface area contributed by atoms with Crippen molar-refractivity contribution in [3.8, 4) is 12.3 Å². The van der Waals surface area contributed by atoms with Gasteiger partial charge in [-0.15, -0.1) is 12.3 Å². The maximum Gasteiger partial charge on any atom is 0.317 e. The summed E-state index contributed by atoms with van der Waals surface area (Å²) in [7, 11) is 0. The van der Waals surface area contributed by atoms with E-state index in [-0.39, 0.29) is 18.6 Å². The number of carboxylic acids is 1. The number of rotatable bonds is 4. The minimum absolute atomic E-state index is 0.0970. The zero-order chi connectivity index (χ0) is 14.5. The fourth-order valence-corrected chi connectivity index (χ4v) is 2.45. The van der Waals surface area contributed by atoms with E-state index >= 15 is 0 Å². The summed E-state index contributed by atoms with van der Waals surface area (Å²) in [5, 5.41) is 12.2. The van der Waals surface area contributed by atoms with Crippen molar-refractivity contribution in [2.24, 2.45) is 5.41 Å². The molecule has 0 aliphatic carbocycles. The first kappa shape index (κ1) is 15.4. The number of amides is 2. The van der Waals surface area contributed by atoms with Crippen LogP contribution in [-0.4, -0.2) is 41.1 Å². The SMILES string of the molecule is C#CCC(C)NC(=O)N1CCCC(CC)(C(=O)O)C1. The van der Waals surface area contributed by atoms with Crippen LogP contribution in [0, 0.1) is 17.8 Å². The number of hydrogen-bond donors (Lipinski definition) is 2. The van der Waals surface area contributed by atoms with Gasteiger partial charge in [0.2, 0.25) is 0 Å². The third kappa shape index (κ3) is 3.63. The zero-order valence-corrected chi connectivity index (χ0v) is 11.6. The predicted octanol–water partition coefficient (Wildman–Crippen LogP) is 1.68. The number of urea groups is 1. The Hall–Kier alpha value is -1.70. The quantitative estimate of drug-likeness (QED) is 0.761. The van der Waals surface area contributed by atoms with Crippen LogP contribution in [-0.2, 0) is 4.79 Å². The van der Waals surface area contributed by atoms with Crippen molar-refractivity contribution < 1.29 is 14.7 Å². The molecule has 1 aliphatic rings. The topological polar surface area (TPSA) is 69.6 Å². The Kier molecular flexibility index (Phi) is 5.22. The molecule has 2 N–H and O–H groups in total. The lowest BCUT2D eigenvalue weighted by Gasteiger charge is -2.39. The third-order valence-electron chi connectivity index (χ3n) is 3.79. The number of piperidine rings is 1. The normalized spacial score (nSPS) is 24.4. The Bertz CT molecular complexity index is 389. The monoisotopic (exact) mass is 266 g/mol. The lowest BCUT2D eigenvalue weighted by Crippen LogP contribution is -2.53. The van der Waals surface area contributed by atoms with Crippen molar-refractivity contribution in [1.82, 2.24) is 10.2 Å². The Balaban J connectivity index is 2.67. The molecular weight excluding hydrogens is 244 g/mol. The lowest BCUT2D eigenvalue weighted by molar-refractivity contribution is -0.152. The molecule has 0 radical (unpaired) electrons. The summed E-state index contributed by atoms with van der Waals surface area (Å²) in [6.07, 6.45) is 7.55. The fraction of sp³-hybridized carbons (Fsp3) is 0.714. The van der Waals surface area contributed by atoms with Gasteiger partial charge < -0.3 is 15.3 Å². The van der Waals surface area contributed by atoms with Gasteiger partial charge in [-0.3, -0.25) is 4.79 Å². The van der Waals surface area contributed by atoms with Crippen LogP contribution in [0.1, 0.15) is 39.5 Å². The van der Waals surface area contributed by atoms with E-state index in [9.17, 15) is 14.7 Å². The molecule has 0 aromatic rings. The summed E-state index contributed by atoms with van der Waals surface area (Å²) >= 11 is 0. The summed E-state index contributed by atoms with van der Waals surface area (Å²) in [5.41, 5.74) is -0.801. The summed E-state index contributed by atoms with van der Waals surface area (Å²) in [4.78, 5) is 25.1. The molecule has 1 fully saturated rings. The Morgan fingerprint density at radius 3 is 2.79 bits per heavy atom. The van der Waals surface area contributed by atoms with Gasteiger partial charge in [-0.2, -0.15) is 0 Å². The molecule has 1 heterocycles. The highest BCUT2D eigenvalue weighted by molar-refractivity contribution is 5.79. The summed E-state index contributed by atoms with van der Waals surface area (Å²) in [5.74, 6) is 1.68. The molecule has 1 aliphatic heterocycles. The smallest absolute Gasteiger partial charge is 0.317 e. The van der Waals surface area contributed by atoms with E-state index < -0.39 is 11.4 Å². The van der Waals surface area contributed by atoms with Crippen LogP contribution >= 0.6 is 0 Å². The number of likely N-dealkylation sites (tertiary alicyclic amines) is 1. The average molecular weight is 266 g/mol. The molecule has 0 saturated carbocycles.